The topological polar surface area (TPSA) is 35.8 Å². The minimum atomic E-state index is -0.243. The predicted octanol–water partition coefficient (Wildman–Crippen LogP) is 3.75. The molecule has 17 heavy (non-hydrogen) atoms. The van der Waals surface area contributed by atoms with Crippen LogP contribution >= 0.6 is 0 Å². The van der Waals surface area contributed by atoms with Crippen LogP contribution in [0.15, 0.2) is 42.5 Å². The highest BCUT2D eigenvalue weighted by atomic mass is 19.1. The van der Waals surface area contributed by atoms with Crippen LogP contribution in [0.5, 0.6) is 0 Å². The molecular formula is C14H11FN2. The third-order valence-electron chi connectivity index (χ3n) is 2.48. The van der Waals surface area contributed by atoms with E-state index in [9.17, 15) is 4.39 Å². The molecule has 0 aliphatic heterocycles. The summed E-state index contributed by atoms with van der Waals surface area (Å²) in [6.45, 7) is 1.84. The number of nitriles is 1. The molecule has 0 amide bonds. The smallest absolute Gasteiger partial charge is 0.123 e. The van der Waals surface area contributed by atoms with E-state index in [4.69, 9.17) is 5.26 Å². The summed E-state index contributed by atoms with van der Waals surface area (Å²) >= 11 is 0. The minimum absolute atomic E-state index is 0.243. The second-order valence-electron chi connectivity index (χ2n) is 3.77. The van der Waals surface area contributed by atoms with Crippen LogP contribution in [0.25, 0.3) is 0 Å². The lowest BCUT2D eigenvalue weighted by Crippen LogP contribution is -1.93. The summed E-state index contributed by atoms with van der Waals surface area (Å²) in [5.41, 5.74) is 3.19. The predicted molar refractivity (Wildman–Crippen MR) is 65.6 cm³/mol. The maximum Gasteiger partial charge on any atom is 0.123 e. The molecule has 0 fully saturated rings. The summed E-state index contributed by atoms with van der Waals surface area (Å²) in [5.74, 6) is -0.243. The van der Waals surface area contributed by atoms with Crippen molar-refractivity contribution in [3.05, 3.63) is 59.4 Å². The Kier molecular flexibility index (Phi) is 3.06. The van der Waals surface area contributed by atoms with Crippen molar-refractivity contribution in [3.63, 3.8) is 0 Å². The zero-order chi connectivity index (χ0) is 12.3. The number of nitrogens with zero attached hydrogens (tertiary/aromatic N) is 1. The number of hydrogen-bond acceptors (Lipinski definition) is 2. The normalized spacial score (nSPS) is 9.71. The van der Waals surface area contributed by atoms with Crippen LogP contribution in [0.1, 0.15) is 11.1 Å². The summed E-state index contributed by atoms with van der Waals surface area (Å²) < 4.78 is 12.9. The zero-order valence-electron chi connectivity index (χ0n) is 9.37. The Hall–Kier alpha value is -2.34. The fourth-order valence-electron chi connectivity index (χ4n) is 1.55. The molecule has 0 spiro atoms. The highest BCUT2D eigenvalue weighted by Crippen LogP contribution is 2.21. The molecule has 2 rings (SSSR count). The van der Waals surface area contributed by atoms with E-state index in [1.54, 1.807) is 18.2 Å². The van der Waals surface area contributed by atoms with Crippen molar-refractivity contribution in [2.45, 2.75) is 6.92 Å². The molecule has 0 heterocycles. The highest BCUT2D eigenvalue weighted by Gasteiger charge is 2.00. The van der Waals surface area contributed by atoms with Crippen molar-refractivity contribution in [3.8, 4) is 6.07 Å². The maximum atomic E-state index is 12.9. The van der Waals surface area contributed by atoms with Gasteiger partial charge in [-0.05, 0) is 55.0 Å². The molecule has 2 aromatic carbocycles. The molecule has 0 saturated heterocycles. The van der Waals surface area contributed by atoms with E-state index in [1.165, 1.54) is 12.1 Å². The molecule has 2 nitrogen and oxygen atoms in total. The number of rotatable bonds is 2. The Morgan fingerprint density at radius 3 is 2.41 bits per heavy atom. The SMILES string of the molecule is Cc1cc(F)ccc1Nc1ccc(C#N)cc1. The number of hydrogen-bond donors (Lipinski definition) is 1. The van der Waals surface area contributed by atoms with E-state index in [0.29, 0.717) is 5.56 Å². The van der Waals surface area contributed by atoms with E-state index in [-0.39, 0.29) is 5.82 Å². The van der Waals surface area contributed by atoms with E-state index < -0.39 is 0 Å². The van der Waals surface area contributed by atoms with Crippen LogP contribution in [0.3, 0.4) is 0 Å². The Bertz CT molecular complexity index is 568. The first-order chi connectivity index (χ1) is 8.19. The lowest BCUT2D eigenvalue weighted by Gasteiger charge is -2.09. The highest BCUT2D eigenvalue weighted by molar-refractivity contribution is 5.63. The number of nitrogens with one attached hydrogen (secondary N) is 1. The average Bonchev–Trinajstić information content (AvgIpc) is 2.34. The van der Waals surface area contributed by atoms with Gasteiger partial charge in [0.2, 0.25) is 0 Å². The van der Waals surface area contributed by atoms with Gasteiger partial charge in [-0.15, -0.1) is 0 Å². The summed E-state index contributed by atoms with van der Waals surface area (Å²) in [4.78, 5) is 0. The molecule has 0 aromatic heterocycles. The summed E-state index contributed by atoms with van der Waals surface area (Å²) in [7, 11) is 0. The van der Waals surface area contributed by atoms with Crippen molar-refractivity contribution in [1.82, 2.24) is 0 Å². The molecule has 0 radical (unpaired) electrons. The van der Waals surface area contributed by atoms with Crippen molar-refractivity contribution in [1.29, 1.82) is 5.26 Å². The third-order valence-corrected chi connectivity index (χ3v) is 2.48. The Labute approximate surface area is 99.3 Å². The molecule has 0 aliphatic rings. The standard InChI is InChI=1S/C14H11FN2/c1-10-8-12(15)4-7-14(10)17-13-5-2-11(9-16)3-6-13/h2-8,17H,1H3. The van der Waals surface area contributed by atoms with Crippen molar-refractivity contribution in [2.75, 3.05) is 5.32 Å². The quantitative estimate of drug-likeness (QED) is 0.846. The van der Waals surface area contributed by atoms with Gasteiger partial charge in [0.05, 0.1) is 11.6 Å². The van der Waals surface area contributed by atoms with Gasteiger partial charge in [0, 0.05) is 11.4 Å². The molecule has 0 unspecified atom stereocenters. The fourth-order valence-corrected chi connectivity index (χ4v) is 1.55. The molecule has 84 valence electrons. The summed E-state index contributed by atoms with van der Waals surface area (Å²) in [6.07, 6.45) is 0. The van der Waals surface area contributed by atoms with Crippen molar-refractivity contribution < 1.29 is 4.39 Å². The van der Waals surface area contributed by atoms with Crippen LogP contribution in [0.4, 0.5) is 15.8 Å². The van der Waals surface area contributed by atoms with Crippen molar-refractivity contribution in [2.24, 2.45) is 0 Å². The molecule has 0 aliphatic carbocycles. The fraction of sp³-hybridized carbons (Fsp3) is 0.0714. The van der Waals surface area contributed by atoms with Crippen LogP contribution in [0, 0.1) is 24.1 Å². The second-order valence-corrected chi connectivity index (χ2v) is 3.77. The van der Waals surface area contributed by atoms with Gasteiger partial charge >= 0.3 is 0 Å². The monoisotopic (exact) mass is 226 g/mol. The van der Waals surface area contributed by atoms with Gasteiger partial charge < -0.3 is 5.32 Å². The van der Waals surface area contributed by atoms with Crippen molar-refractivity contribution >= 4 is 11.4 Å². The van der Waals surface area contributed by atoms with Gasteiger partial charge in [-0.1, -0.05) is 0 Å². The van der Waals surface area contributed by atoms with Gasteiger partial charge in [0.25, 0.3) is 0 Å². The van der Waals surface area contributed by atoms with E-state index in [2.05, 4.69) is 11.4 Å². The summed E-state index contributed by atoms with van der Waals surface area (Å²) in [5, 5.41) is 11.9. The lowest BCUT2D eigenvalue weighted by molar-refractivity contribution is 0.627. The van der Waals surface area contributed by atoms with Crippen LogP contribution in [-0.4, -0.2) is 0 Å². The molecular weight excluding hydrogens is 215 g/mol. The second kappa shape index (κ2) is 4.67. The molecule has 3 heteroatoms. The Morgan fingerprint density at radius 1 is 1.12 bits per heavy atom. The van der Waals surface area contributed by atoms with Gasteiger partial charge in [-0.25, -0.2) is 4.39 Å². The minimum Gasteiger partial charge on any atom is -0.355 e. The first-order valence-electron chi connectivity index (χ1n) is 5.22. The third kappa shape index (κ3) is 2.61. The Morgan fingerprint density at radius 2 is 1.82 bits per heavy atom. The summed E-state index contributed by atoms with van der Waals surface area (Å²) in [6, 6.07) is 13.8. The van der Waals surface area contributed by atoms with Gasteiger partial charge in [0.1, 0.15) is 5.82 Å². The number of aryl methyl sites for hydroxylation is 1. The van der Waals surface area contributed by atoms with Crippen LogP contribution in [0.2, 0.25) is 0 Å². The number of anilines is 2. The zero-order valence-corrected chi connectivity index (χ0v) is 9.37. The average molecular weight is 226 g/mol. The van der Waals surface area contributed by atoms with Gasteiger partial charge in [0.15, 0.2) is 0 Å². The molecule has 2 aromatic rings. The largest absolute Gasteiger partial charge is 0.355 e. The van der Waals surface area contributed by atoms with Gasteiger partial charge in [-0.3, -0.25) is 0 Å². The van der Waals surface area contributed by atoms with E-state index in [0.717, 1.165) is 16.9 Å². The molecule has 0 bridgehead atoms. The molecule has 0 atom stereocenters. The van der Waals surface area contributed by atoms with E-state index in [1.807, 2.05) is 19.1 Å². The number of halogens is 1. The van der Waals surface area contributed by atoms with E-state index >= 15 is 0 Å². The van der Waals surface area contributed by atoms with Crippen LogP contribution in [-0.2, 0) is 0 Å². The van der Waals surface area contributed by atoms with Crippen LogP contribution < -0.4 is 5.32 Å². The molecule has 0 saturated carbocycles. The number of benzene rings is 2. The lowest BCUT2D eigenvalue weighted by atomic mass is 10.1. The van der Waals surface area contributed by atoms with Gasteiger partial charge in [-0.2, -0.15) is 5.26 Å². The maximum absolute atomic E-state index is 12.9. The first-order valence-corrected chi connectivity index (χ1v) is 5.22. The first kappa shape index (κ1) is 11.2. The Balaban J connectivity index is 2.23. The molecule has 1 N–H and O–H groups in total.